The molecule has 0 bridgehead atoms. The second-order valence-electron chi connectivity index (χ2n) is 5.74. The molecule has 25 heavy (non-hydrogen) atoms. The molecular weight excluding hydrogens is 330 g/mol. The highest BCUT2D eigenvalue weighted by molar-refractivity contribution is 5.81. The monoisotopic (exact) mass is 347 g/mol. The van der Waals surface area contributed by atoms with Gasteiger partial charge in [-0.15, -0.1) is 6.42 Å². The van der Waals surface area contributed by atoms with E-state index in [0.29, 0.717) is 11.1 Å². The summed E-state index contributed by atoms with van der Waals surface area (Å²) in [6.45, 7) is -0.541. The number of ether oxygens (including phenoxy) is 1. The Morgan fingerprint density at radius 3 is 2.64 bits per heavy atom. The highest BCUT2D eigenvalue weighted by atomic mass is 16.6. The van der Waals surface area contributed by atoms with Crippen molar-refractivity contribution in [2.45, 2.75) is 30.6 Å². The van der Waals surface area contributed by atoms with Gasteiger partial charge in [0.05, 0.1) is 6.61 Å². The van der Waals surface area contributed by atoms with Crippen LogP contribution in [-0.4, -0.2) is 57.7 Å². The molecule has 1 aromatic carbocycles. The minimum Gasteiger partial charge on any atom is -0.422 e. The maximum Gasteiger partial charge on any atom is 0.352 e. The molecule has 0 amide bonds. The van der Waals surface area contributed by atoms with E-state index in [1.165, 1.54) is 12.1 Å². The zero-order valence-electron chi connectivity index (χ0n) is 13.0. The van der Waals surface area contributed by atoms with Crippen molar-refractivity contribution in [3.63, 3.8) is 0 Å². The first-order valence-corrected chi connectivity index (χ1v) is 7.56. The minimum atomic E-state index is -1.46. The largest absolute Gasteiger partial charge is 0.422 e. The van der Waals surface area contributed by atoms with Crippen molar-refractivity contribution in [3.05, 3.63) is 40.2 Å². The summed E-state index contributed by atoms with van der Waals surface area (Å²) in [6, 6.07) is 5.25. The van der Waals surface area contributed by atoms with Crippen LogP contribution in [-0.2, 0) is 4.74 Å². The summed E-state index contributed by atoms with van der Waals surface area (Å²) >= 11 is 0. The van der Waals surface area contributed by atoms with Crippen molar-refractivity contribution in [1.29, 1.82) is 0 Å². The fourth-order valence-corrected chi connectivity index (χ4v) is 2.75. The van der Waals surface area contributed by atoms with Crippen molar-refractivity contribution < 1.29 is 29.6 Å². The van der Waals surface area contributed by atoms with Crippen LogP contribution in [0.4, 0.5) is 5.69 Å². The summed E-state index contributed by atoms with van der Waals surface area (Å²) in [5.74, 6) is 2.24. The van der Waals surface area contributed by atoms with Crippen LogP contribution >= 0.6 is 0 Å². The van der Waals surface area contributed by atoms with Gasteiger partial charge in [0.2, 0.25) is 0 Å². The fourth-order valence-electron chi connectivity index (χ4n) is 2.75. The highest BCUT2D eigenvalue weighted by Crippen LogP contribution is 2.25. The predicted octanol–water partition coefficient (Wildman–Crippen LogP) is -1.01. The number of anilines is 1. The number of terminal acetylenes is 1. The lowest BCUT2D eigenvalue weighted by Crippen LogP contribution is -2.61. The van der Waals surface area contributed by atoms with Gasteiger partial charge in [-0.1, -0.05) is 5.92 Å². The number of aliphatic hydroxyl groups excluding tert-OH is 4. The van der Waals surface area contributed by atoms with E-state index in [1.54, 1.807) is 12.1 Å². The van der Waals surface area contributed by atoms with Gasteiger partial charge in [0.1, 0.15) is 35.5 Å². The highest BCUT2D eigenvalue weighted by Gasteiger charge is 2.43. The average Bonchev–Trinajstić information content (AvgIpc) is 2.61. The molecule has 1 fully saturated rings. The number of nitrogens with one attached hydrogen (secondary N) is 1. The van der Waals surface area contributed by atoms with Crippen LogP contribution in [0.2, 0.25) is 0 Å². The number of rotatable bonds is 3. The number of aliphatic hydroxyl groups is 4. The van der Waals surface area contributed by atoms with Crippen molar-refractivity contribution in [3.8, 4) is 12.3 Å². The molecular formula is C17H17NO7. The van der Waals surface area contributed by atoms with Crippen LogP contribution in [0.3, 0.4) is 0 Å². The third-order valence-electron chi connectivity index (χ3n) is 4.12. The summed E-state index contributed by atoms with van der Waals surface area (Å²) in [5, 5.41) is 42.5. The number of fused-ring (bicyclic) bond motifs is 1. The van der Waals surface area contributed by atoms with Gasteiger partial charge < -0.3 is 34.9 Å². The minimum absolute atomic E-state index is 0.109. The molecule has 8 nitrogen and oxygen atoms in total. The molecule has 1 aromatic heterocycles. The molecule has 0 spiro atoms. The predicted molar refractivity (Wildman–Crippen MR) is 87.8 cm³/mol. The van der Waals surface area contributed by atoms with Crippen LogP contribution < -0.4 is 10.9 Å². The Morgan fingerprint density at radius 2 is 1.96 bits per heavy atom. The van der Waals surface area contributed by atoms with Gasteiger partial charge in [0, 0.05) is 17.1 Å². The molecule has 0 aliphatic carbocycles. The summed E-state index contributed by atoms with van der Waals surface area (Å²) in [7, 11) is 0. The topological polar surface area (TPSA) is 132 Å². The number of benzene rings is 1. The van der Waals surface area contributed by atoms with E-state index in [1.807, 2.05) is 0 Å². The Labute approximate surface area is 142 Å². The molecule has 5 atom stereocenters. The molecule has 2 heterocycles. The quantitative estimate of drug-likeness (QED) is 0.352. The SMILES string of the molecule is C#Cc1cc2ccc(NC3[C@@H](O)OC(CO)[C@H](O)[C@H]3O)cc2oc1=O. The van der Waals surface area contributed by atoms with Gasteiger partial charge in [-0.3, -0.25) is 0 Å². The van der Waals surface area contributed by atoms with Crippen molar-refractivity contribution in [2.24, 2.45) is 0 Å². The Hall–Kier alpha value is -2.41. The Balaban J connectivity index is 1.87. The van der Waals surface area contributed by atoms with Crippen LogP contribution in [0.25, 0.3) is 11.0 Å². The standard InChI is InChI=1S/C17H17NO7/c1-2-8-5-9-3-4-10(6-11(9)24-16(8)22)18-13-15(21)14(20)12(7-19)25-17(13)23/h1,3-6,12-15,17-21,23H,7H2/t12?,13?,14-,15-,17-/m0/s1. The summed E-state index contributed by atoms with van der Waals surface area (Å²) in [5.41, 5.74) is 0.154. The molecule has 3 rings (SSSR count). The van der Waals surface area contributed by atoms with Gasteiger partial charge in [-0.25, -0.2) is 4.79 Å². The van der Waals surface area contributed by atoms with E-state index in [4.69, 9.17) is 20.7 Å². The van der Waals surface area contributed by atoms with Crippen molar-refractivity contribution >= 4 is 16.7 Å². The molecule has 132 valence electrons. The summed E-state index contributed by atoms with van der Waals surface area (Å²) < 4.78 is 10.2. The van der Waals surface area contributed by atoms with E-state index in [2.05, 4.69) is 11.2 Å². The molecule has 1 aliphatic heterocycles. The van der Waals surface area contributed by atoms with Gasteiger partial charge in [0.25, 0.3) is 0 Å². The van der Waals surface area contributed by atoms with E-state index in [0.717, 1.165) is 0 Å². The van der Waals surface area contributed by atoms with Crippen molar-refractivity contribution in [2.75, 3.05) is 11.9 Å². The molecule has 0 radical (unpaired) electrons. The third-order valence-corrected chi connectivity index (χ3v) is 4.12. The molecule has 2 aromatic rings. The normalized spacial score (nSPS) is 29.3. The maximum atomic E-state index is 11.7. The zero-order valence-corrected chi connectivity index (χ0v) is 13.0. The molecule has 5 N–H and O–H groups in total. The lowest BCUT2D eigenvalue weighted by molar-refractivity contribution is -0.245. The van der Waals surface area contributed by atoms with Crippen LogP contribution in [0.15, 0.2) is 33.5 Å². The maximum absolute atomic E-state index is 11.7. The average molecular weight is 347 g/mol. The summed E-state index contributed by atoms with van der Waals surface area (Å²) in [6.07, 6.45) is -0.0664. The van der Waals surface area contributed by atoms with E-state index in [9.17, 15) is 20.1 Å². The van der Waals surface area contributed by atoms with E-state index in [-0.39, 0.29) is 11.1 Å². The fraction of sp³-hybridized carbons (Fsp3) is 0.353. The first-order valence-electron chi connectivity index (χ1n) is 7.56. The van der Waals surface area contributed by atoms with Crippen molar-refractivity contribution in [1.82, 2.24) is 0 Å². The van der Waals surface area contributed by atoms with Gasteiger partial charge in [-0.05, 0) is 18.2 Å². The zero-order chi connectivity index (χ0) is 18.1. The molecule has 8 heteroatoms. The second-order valence-corrected chi connectivity index (χ2v) is 5.74. The first-order chi connectivity index (χ1) is 11.9. The van der Waals surface area contributed by atoms with Crippen LogP contribution in [0, 0.1) is 12.3 Å². The smallest absolute Gasteiger partial charge is 0.352 e. The molecule has 2 unspecified atom stereocenters. The Morgan fingerprint density at radius 1 is 1.20 bits per heavy atom. The summed E-state index contributed by atoms with van der Waals surface area (Å²) in [4.78, 5) is 11.7. The van der Waals surface area contributed by atoms with E-state index >= 15 is 0 Å². The lowest BCUT2D eigenvalue weighted by Gasteiger charge is -2.40. The lowest BCUT2D eigenvalue weighted by atomic mass is 9.97. The number of hydrogen-bond donors (Lipinski definition) is 5. The van der Waals surface area contributed by atoms with Gasteiger partial charge >= 0.3 is 5.63 Å². The number of hydrogen-bond acceptors (Lipinski definition) is 8. The Kier molecular flexibility index (Phi) is 4.76. The molecule has 1 saturated heterocycles. The third kappa shape index (κ3) is 3.24. The second kappa shape index (κ2) is 6.84. The molecule has 0 saturated carbocycles. The first kappa shape index (κ1) is 17.4. The van der Waals surface area contributed by atoms with Crippen LogP contribution in [0.5, 0.6) is 0 Å². The van der Waals surface area contributed by atoms with Gasteiger partial charge in [0.15, 0.2) is 6.29 Å². The Bertz CT molecular complexity index is 871. The van der Waals surface area contributed by atoms with Crippen LogP contribution in [0.1, 0.15) is 5.56 Å². The van der Waals surface area contributed by atoms with E-state index < -0.39 is 42.9 Å². The van der Waals surface area contributed by atoms with Gasteiger partial charge in [-0.2, -0.15) is 0 Å². The molecule has 1 aliphatic rings.